The van der Waals surface area contributed by atoms with Crippen LogP contribution < -0.4 is 15.4 Å². The Balaban J connectivity index is 1.39. The van der Waals surface area contributed by atoms with Crippen LogP contribution in [0.15, 0.2) is 78.9 Å². The summed E-state index contributed by atoms with van der Waals surface area (Å²) in [6.07, 6.45) is 3.80. The van der Waals surface area contributed by atoms with Gasteiger partial charge in [-0.1, -0.05) is 44.2 Å². The summed E-state index contributed by atoms with van der Waals surface area (Å²) in [5.41, 5.74) is 3.47. The molecule has 0 unspecified atom stereocenters. The minimum Gasteiger partial charge on any atom is -0.494 e. The highest BCUT2D eigenvalue weighted by molar-refractivity contribution is 5.95. The number of nitrogens with one attached hydrogen (secondary N) is 2. The van der Waals surface area contributed by atoms with Crippen molar-refractivity contribution in [2.24, 2.45) is 0 Å². The molecule has 2 amide bonds. The summed E-state index contributed by atoms with van der Waals surface area (Å²) < 4.78 is 5.81. The van der Waals surface area contributed by atoms with Gasteiger partial charge in [0.15, 0.2) is 0 Å². The highest BCUT2D eigenvalue weighted by atomic mass is 16.5. The average molecular weight is 488 g/mol. The van der Waals surface area contributed by atoms with Crippen LogP contribution in [0.5, 0.6) is 5.75 Å². The molecule has 0 aliphatic rings. The zero-order chi connectivity index (χ0) is 25.6. The Morgan fingerprint density at radius 2 is 1.44 bits per heavy atom. The minimum atomic E-state index is -0.149. The van der Waals surface area contributed by atoms with Crippen LogP contribution >= 0.6 is 0 Å². The van der Waals surface area contributed by atoms with Crippen molar-refractivity contribution in [3.63, 3.8) is 0 Å². The van der Waals surface area contributed by atoms with E-state index in [1.165, 1.54) is 5.56 Å². The van der Waals surface area contributed by atoms with Crippen LogP contribution in [0.1, 0.15) is 49.0 Å². The Hall–Kier alpha value is -3.80. The van der Waals surface area contributed by atoms with Gasteiger partial charge in [-0.25, -0.2) is 0 Å². The van der Waals surface area contributed by atoms with Gasteiger partial charge in [-0.15, -0.1) is 0 Å². The standard InChI is InChI=1S/C30H37N3O3/c1-3-20-33(21-4-2)30(35)25-12-14-26(15-13-25)31-23-29(34)32-27-16-18-28(19-17-27)36-22-8-11-24-9-6-5-7-10-24/h5-7,9-10,12-19,31H,3-4,8,11,20-23H2,1-2H3,(H,32,34). The number of benzene rings is 3. The molecule has 0 saturated carbocycles. The molecule has 0 spiro atoms. The van der Waals surface area contributed by atoms with E-state index >= 15 is 0 Å². The number of carbonyl (C=O) groups is 2. The van der Waals surface area contributed by atoms with Crippen molar-refractivity contribution in [3.05, 3.63) is 90.0 Å². The van der Waals surface area contributed by atoms with Gasteiger partial charge >= 0.3 is 0 Å². The van der Waals surface area contributed by atoms with Crippen molar-refractivity contribution in [2.75, 3.05) is 36.9 Å². The number of hydrogen-bond acceptors (Lipinski definition) is 4. The van der Waals surface area contributed by atoms with Crippen molar-refractivity contribution in [1.82, 2.24) is 4.90 Å². The fourth-order valence-corrected chi connectivity index (χ4v) is 3.90. The van der Waals surface area contributed by atoms with Crippen LogP contribution in [-0.4, -0.2) is 43.0 Å². The predicted molar refractivity (Wildman–Crippen MR) is 147 cm³/mol. The minimum absolute atomic E-state index is 0.0478. The molecule has 3 aromatic carbocycles. The van der Waals surface area contributed by atoms with Gasteiger partial charge in [0.05, 0.1) is 13.2 Å². The topological polar surface area (TPSA) is 70.7 Å². The molecular weight excluding hydrogens is 450 g/mol. The molecule has 0 saturated heterocycles. The van der Waals surface area contributed by atoms with Crippen LogP contribution in [-0.2, 0) is 11.2 Å². The lowest BCUT2D eigenvalue weighted by atomic mass is 10.1. The molecule has 3 rings (SSSR count). The van der Waals surface area contributed by atoms with Crippen molar-refractivity contribution in [2.45, 2.75) is 39.5 Å². The van der Waals surface area contributed by atoms with Crippen LogP contribution in [0.4, 0.5) is 11.4 Å². The summed E-state index contributed by atoms with van der Waals surface area (Å²) in [6, 6.07) is 25.0. The third kappa shape index (κ3) is 8.77. The highest BCUT2D eigenvalue weighted by Crippen LogP contribution is 2.17. The van der Waals surface area contributed by atoms with E-state index in [4.69, 9.17) is 4.74 Å². The van der Waals surface area contributed by atoms with E-state index in [0.717, 1.165) is 50.2 Å². The molecule has 0 aromatic heterocycles. The van der Waals surface area contributed by atoms with Gasteiger partial charge in [-0.05, 0) is 79.8 Å². The van der Waals surface area contributed by atoms with Gasteiger partial charge in [0, 0.05) is 30.0 Å². The van der Waals surface area contributed by atoms with E-state index in [9.17, 15) is 9.59 Å². The average Bonchev–Trinajstić information content (AvgIpc) is 2.91. The zero-order valence-corrected chi connectivity index (χ0v) is 21.3. The fraction of sp³-hybridized carbons (Fsp3) is 0.333. The van der Waals surface area contributed by atoms with E-state index in [0.29, 0.717) is 17.9 Å². The van der Waals surface area contributed by atoms with E-state index in [1.807, 2.05) is 59.5 Å². The molecule has 0 aliphatic carbocycles. The van der Waals surface area contributed by atoms with Gasteiger partial charge < -0.3 is 20.3 Å². The van der Waals surface area contributed by atoms with Crippen LogP contribution in [0.3, 0.4) is 0 Å². The van der Waals surface area contributed by atoms with Gasteiger partial charge in [-0.2, -0.15) is 0 Å². The predicted octanol–water partition coefficient (Wildman–Crippen LogP) is 6.01. The van der Waals surface area contributed by atoms with Gasteiger partial charge in [-0.3, -0.25) is 9.59 Å². The van der Waals surface area contributed by atoms with Gasteiger partial charge in [0.1, 0.15) is 5.75 Å². The first-order valence-electron chi connectivity index (χ1n) is 12.8. The lowest BCUT2D eigenvalue weighted by Gasteiger charge is -2.21. The van der Waals surface area contributed by atoms with Crippen molar-refractivity contribution < 1.29 is 14.3 Å². The number of anilines is 2. The number of nitrogens with zero attached hydrogens (tertiary/aromatic N) is 1. The quantitative estimate of drug-likeness (QED) is 0.273. The van der Waals surface area contributed by atoms with E-state index < -0.39 is 0 Å². The molecular formula is C30H37N3O3. The number of amides is 2. The largest absolute Gasteiger partial charge is 0.494 e. The number of ether oxygens (including phenoxy) is 1. The smallest absolute Gasteiger partial charge is 0.253 e. The summed E-state index contributed by atoms with van der Waals surface area (Å²) in [5.74, 6) is 0.681. The monoisotopic (exact) mass is 487 g/mol. The maximum absolute atomic E-state index is 12.7. The molecule has 2 N–H and O–H groups in total. The van der Waals surface area contributed by atoms with Crippen LogP contribution in [0, 0.1) is 0 Å². The molecule has 190 valence electrons. The Morgan fingerprint density at radius 1 is 0.806 bits per heavy atom. The normalized spacial score (nSPS) is 10.5. The molecule has 0 atom stereocenters. The van der Waals surface area contributed by atoms with E-state index in [2.05, 4.69) is 36.6 Å². The first kappa shape index (κ1) is 26.8. The second-order valence-corrected chi connectivity index (χ2v) is 8.73. The second-order valence-electron chi connectivity index (χ2n) is 8.73. The lowest BCUT2D eigenvalue weighted by Crippen LogP contribution is -2.32. The Labute approximate surface area is 214 Å². The van der Waals surface area contributed by atoms with Crippen molar-refractivity contribution in [1.29, 1.82) is 0 Å². The van der Waals surface area contributed by atoms with E-state index in [-0.39, 0.29) is 18.4 Å². The Kier molecular flexibility index (Phi) is 10.8. The number of aryl methyl sites for hydroxylation is 1. The van der Waals surface area contributed by atoms with Crippen molar-refractivity contribution >= 4 is 23.2 Å². The molecule has 36 heavy (non-hydrogen) atoms. The van der Waals surface area contributed by atoms with Crippen LogP contribution in [0.25, 0.3) is 0 Å². The Morgan fingerprint density at radius 3 is 2.08 bits per heavy atom. The third-order valence-corrected chi connectivity index (χ3v) is 5.72. The molecule has 6 nitrogen and oxygen atoms in total. The van der Waals surface area contributed by atoms with E-state index in [1.54, 1.807) is 12.1 Å². The molecule has 0 fully saturated rings. The molecule has 3 aromatic rings. The molecule has 0 heterocycles. The maximum atomic E-state index is 12.7. The summed E-state index contributed by atoms with van der Waals surface area (Å²) in [7, 11) is 0. The summed E-state index contributed by atoms with van der Waals surface area (Å²) in [6.45, 7) is 6.43. The summed E-state index contributed by atoms with van der Waals surface area (Å²) in [5, 5.41) is 5.99. The highest BCUT2D eigenvalue weighted by Gasteiger charge is 2.14. The van der Waals surface area contributed by atoms with Gasteiger partial charge in [0.2, 0.25) is 5.91 Å². The molecule has 0 bridgehead atoms. The molecule has 0 aliphatic heterocycles. The molecule has 6 heteroatoms. The zero-order valence-electron chi connectivity index (χ0n) is 21.3. The number of rotatable bonds is 14. The first-order valence-corrected chi connectivity index (χ1v) is 12.8. The first-order chi connectivity index (χ1) is 17.6. The Bertz CT molecular complexity index is 1060. The SMILES string of the molecule is CCCN(CCC)C(=O)c1ccc(NCC(=O)Nc2ccc(OCCCc3ccccc3)cc2)cc1. The fourth-order valence-electron chi connectivity index (χ4n) is 3.90. The second kappa shape index (κ2) is 14.6. The van der Waals surface area contributed by atoms with Crippen molar-refractivity contribution in [3.8, 4) is 5.75 Å². The summed E-state index contributed by atoms with van der Waals surface area (Å²) in [4.78, 5) is 26.9. The van der Waals surface area contributed by atoms with Crippen LogP contribution in [0.2, 0.25) is 0 Å². The lowest BCUT2D eigenvalue weighted by molar-refractivity contribution is -0.114. The number of hydrogen-bond donors (Lipinski definition) is 2. The van der Waals surface area contributed by atoms with Gasteiger partial charge in [0.25, 0.3) is 5.91 Å². The third-order valence-electron chi connectivity index (χ3n) is 5.72. The summed E-state index contributed by atoms with van der Waals surface area (Å²) >= 11 is 0. The maximum Gasteiger partial charge on any atom is 0.253 e. The number of carbonyl (C=O) groups excluding carboxylic acids is 2. The molecule has 0 radical (unpaired) electrons.